The van der Waals surface area contributed by atoms with E-state index in [2.05, 4.69) is 93.7 Å². The fraction of sp³-hybridized carbons (Fsp3) is 0.333. The zero-order valence-electron chi connectivity index (χ0n) is 24.2. The lowest BCUT2D eigenvalue weighted by molar-refractivity contribution is -0.115. The van der Waals surface area contributed by atoms with Gasteiger partial charge in [0.05, 0.1) is 42.6 Å². The van der Waals surface area contributed by atoms with Gasteiger partial charge in [0.15, 0.2) is 0 Å². The van der Waals surface area contributed by atoms with Crippen LogP contribution in [-0.4, -0.2) is 37.2 Å². The molecular formula is C33H38ClN3O3Si. The van der Waals surface area contributed by atoms with E-state index in [1.54, 1.807) is 0 Å². The van der Waals surface area contributed by atoms with Crippen molar-refractivity contribution in [2.45, 2.75) is 58.7 Å². The summed E-state index contributed by atoms with van der Waals surface area (Å²) in [5.41, 5.74) is 4.34. The second-order valence-electron chi connectivity index (χ2n) is 11.5. The van der Waals surface area contributed by atoms with Gasteiger partial charge in [-0.05, 0) is 45.1 Å². The molecule has 6 nitrogen and oxygen atoms in total. The molecule has 0 atom stereocenters. The summed E-state index contributed by atoms with van der Waals surface area (Å²) in [6.45, 7) is 11.1. The van der Waals surface area contributed by atoms with Crippen molar-refractivity contribution in [2.75, 3.05) is 18.5 Å². The van der Waals surface area contributed by atoms with Gasteiger partial charge in [0.2, 0.25) is 5.91 Å². The Kier molecular flexibility index (Phi) is 8.80. The summed E-state index contributed by atoms with van der Waals surface area (Å²) in [4.78, 5) is 12.0. The minimum Gasteiger partial charge on any atom is -0.406 e. The summed E-state index contributed by atoms with van der Waals surface area (Å²) < 4.78 is 14.9. The number of benzene rings is 3. The fourth-order valence-electron chi connectivity index (χ4n) is 5.75. The Balaban J connectivity index is 1.46. The van der Waals surface area contributed by atoms with Gasteiger partial charge in [-0.2, -0.15) is 5.10 Å². The number of nitrogens with zero attached hydrogens (tertiary/aromatic N) is 2. The Morgan fingerprint density at radius 2 is 1.66 bits per heavy atom. The van der Waals surface area contributed by atoms with Crippen LogP contribution >= 0.6 is 11.6 Å². The molecule has 1 aliphatic heterocycles. The van der Waals surface area contributed by atoms with Gasteiger partial charge >= 0.3 is 0 Å². The molecule has 8 heteroatoms. The minimum absolute atomic E-state index is 0.0401. The average Bonchev–Trinajstić information content (AvgIpc) is 3.54. The van der Waals surface area contributed by atoms with Crippen molar-refractivity contribution in [2.24, 2.45) is 0 Å². The van der Waals surface area contributed by atoms with E-state index in [1.165, 1.54) is 10.4 Å². The number of rotatable bonds is 11. The summed E-state index contributed by atoms with van der Waals surface area (Å²) >= 11 is 6.58. The predicted molar refractivity (Wildman–Crippen MR) is 169 cm³/mol. The van der Waals surface area contributed by atoms with E-state index >= 15 is 0 Å². The topological polar surface area (TPSA) is 65.4 Å². The number of aromatic nitrogens is 2. The maximum atomic E-state index is 12.0. The van der Waals surface area contributed by atoms with Crippen LogP contribution in [0, 0.1) is 0 Å². The SMILES string of the molecule is CCCOCc1nn(CCO[Si](c2ccccc2)(c2ccccc2)C(C)(C)C)cc1-c1cc(Cl)c2c(c1)CC(=O)N2. The van der Waals surface area contributed by atoms with Crippen LogP contribution in [0.2, 0.25) is 10.1 Å². The molecule has 1 N–H and O–H groups in total. The number of nitrogens with one attached hydrogen (secondary N) is 1. The highest BCUT2D eigenvalue weighted by Gasteiger charge is 2.50. The van der Waals surface area contributed by atoms with Crippen molar-refractivity contribution in [3.05, 3.63) is 95.3 Å². The van der Waals surface area contributed by atoms with Gasteiger partial charge in [0.25, 0.3) is 8.32 Å². The van der Waals surface area contributed by atoms with Gasteiger partial charge in [-0.3, -0.25) is 9.48 Å². The van der Waals surface area contributed by atoms with E-state index in [4.69, 9.17) is 25.9 Å². The van der Waals surface area contributed by atoms with Crippen LogP contribution in [-0.2, 0) is 33.5 Å². The van der Waals surface area contributed by atoms with E-state index < -0.39 is 8.32 Å². The van der Waals surface area contributed by atoms with Gasteiger partial charge in [-0.1, -0.05) is 100.0 Å². The lowest BCUT2D eigenvalue weighted by Gasteiger charge is -2.43. The molecule has 1 amide bonds. The first-order valence-corrected chi connectivity index (χ1v) is 16.5. The Bertz CT molecular complexity index is 1460. The monoisotopic (exact) mass is 587 g/mol. The molecule has 0 fully saturated rings. The normalized spacial score (nSPS) is 13.3. The summed E-state index contributed by atoms with van der Waals surface area (Å²) in [5.74, 6) is -0.0401. The van der Waals surface area contributed by atoms with Gasteiger partial charge in [-0.25, -0.2) is 0 Å². The second-order valence-corrected chi connectivity index (χ2v) is 16.2. The third-order valence-electron chi connectivity index (χ3n) is 7.58. The van der Waals surface area contributed by atoms with E-state index in [-0.39, 0.29) is 10.9 Å². The van der Waals surface area contributed by atoms with Gasteiger partial charge in [-0.15, -0.1) is 0 Å². The van der Waals surface area contributed by atoms with E-state index in [0.717, 1.165) is 28.8 Å². The summed E-state index contributed by atoms with van der Waals surface area (Å²) in [6.07, 6.45) is 3.30. The molecule has 5 rings (SSSR count). The van der Waals surface area contributed by atoms with Crippen LogP contribution in [0.1, 0.15) is 45.4 Å². The second kappa shape index (κ2) is 12.3. The molecule has 0 bridgehead atoms. The summed E-state index contributed by atoms with van der Waals surface area (Å²) in [7, 11) is -2.65. The third-order valence-corrected chi connectivity index (χ3v) is 12.9. The average molecular weight is 588 g/mol. The van der Waals surface area contributed by atoms with Crippen molar-refractivity contribution in [1.29, 1.82) is 0 Å². The number of hydrogen-bond donors (Lipinski definition) is 1. The molecule has 0 radical (unpaired) electrons. The molecule has 3 aromatic carbocycles. The first-order chi connectivity index (χ1) is 19.7. The molecule has 0 aliphatic carbocycles. The van der Waals surface area contributed by atoms with E-state index in [0.29, 0.717) is 43.5 Å². The zero-order valence-corrected chi connectivity index (χ0v) is 26.0. The molecule has 1 aliphatic rings. The third kappa shape index (κ3) is 6.04. The zero-order chi connectivity index (χ0) is 29.0. The van der Waals surface area contributed by atoms with Crippen LogP contribution in [0.15, 0.2) is 79.0 Å². The number of carbonyl (C=O) groups excluding carboxylic acids is 1. The first kappa shape index (κ1) is 29.3. The number of anilines is 1. The molecule has 0 saturated carbocycles. The molecule has 4 aromatic rings. The number of hydrogen-bond acceptors (Lipinski definition) is 4. The summed E-state index contributed by atoms with van der Waals surface area (Å²) in [5, 5.41) is 10.7. The largest absolute Gasteiger partial charge is 0.406 e. The Morgan fingerprint density at radius 1 is 1.00 bits per heavy atom. The Hall–Kier alpha value is -3.23. The molecule has 0 unspecified atom stereocenters. The molecule has 214 valence electrons. The highest BCUT2D eigenvalue weighted by atomic mass is 35.5. The quantitative estimate of drug-likeness (QED) is 0.168. The standard InChI is InChI=1S/C33H38ClN3O3Si/c1-5-17-39-23-30-28(24-19-25-21-31(38)35-32(25)29(34)20-24)22-37(36-30)16-18-40-41(33(2,3)4,26-12-8-6-9-13-26)27-14-10-7-11-15-27/h6-15,19-20,22H,5,16-18,21,23H2,1-4H3,(H,35,38). The lowest BCUT2D eigenvalue weighted by Crippen LogP contribution is -2.66. The highest BCUT2D eigenvalue weighted by Crippen LogP contribution is 2.38. The smallest absolute Gasteiger partial charge is 0.261 e. The van der Waals surface area contributed by atoms with Crippen LogP contribution in [0.3, 0.4) is 0 Å². The molecular weight excluding hydrogens is 550 g/mol. The highest BCUT2D eigenvalue weighted by molar-refractivity contribution is 6.99. The van der Waals surface area contributed by atoms with Crippen molar-refractivity contribution in [1.82, 2.24) is 9.78 Å². The van der Waals surface area contributed by atoms with E-state index in [9.17, 15) is 4.79 Å². The summed E-state index contributed by atoms with van der Waals surface area (Å²) in [6, 6.07) is 25.3. The van der Waals surface area contributed by atoms with Crippen molar-refractivity contribution in [3.8, 4) is 11.1 Å². The number of ether oxygens (including phenoxy) is 1. The lowest BCUT2D eigenvalue weighted by atomic mass is 10.0. The van der Waals surface area contributed by atoms with E-state index in [1.807, 2.05) is 23.0 Å². The molecule has 1 aromatic heterocycles. The van der Waals surface area contributed by atoms with Crippen LogP contribution in [0.25, 0.3) is 11.1 Å². The fourth-order valence-corrected chi connectivity index (χ4v) is 10.6. The van der Waals surface area contributed by atoms with Crippen LogP contribution in [0.5, 0.6) is 0 Å². The van der Waals surface area contributed by atoms with Crippen LogP contribution in [0.4, 0.5) is 5.69 Å². The molecule has 0 saturated heterocycles. The van der Waals surface area contributed by atoms with Crippen molar-refractivity contribution >= 4 is 41.9 Å². The maximum Gasteiger partial charge on any atom is 0.261 e. The molecule has 0 spiro atoms. The predicted octanol–water partition coefficient (Wildman–Crippen LogP) is 6.20. The minimum atomic E-state index is -2.65. The Labute approximate surface area is 248 Å². The number of halogens is 1. The number of fused-ring (bicyclic) bond motifs is 1. The van der Waals surface area contributed by atoms with Crippen molar-refractivity contribution < 1.29 is 14.0 Å². The van der Waals surface area contributed by atoms with Gasteiger partial charge < -0.3 is 14.5 Å². The van der Waals surface area contributed by atoms with Gasteiger partial charge in [0.1, 0.15) is 0 Å². The number of carbonyl (C=O) groups is 1. The van der Waals surface area contributed by atoms with Crippen LogP contribution < -0.4 is 15.7 Å². The molecule has 41 heavy (non-hydrogen) atoms. The first-order valence-electron chi connectivity index (χ1n) is 14.2. The maximum absolute atomic E-state index is 12.0. The Morgan fingerprint density at radius 3 is 2.27 bits per heavy atom. The number of amides is 1. The van der Waals surface area contributed by atoms with Gasteiger partial charge in [0, 0.05) is 18.4 Å². The van der Waals surface area contributed by atoms with Crippen molar-refractivity contribution in [3.63, 3.8) is 0 Å². The molecule has 2 heterocycles.